The lowest BCUT2D eigenvalue weighted by Crippen LogP contribution is -2.66. The van der Waals surface area contributed by atoms with Crippen LogP contribution in [0.5, 0.6) is 0 Å². The topological polar surface area (TPSA) is 307 Å². The average Bonchev–Trinajstić information content (AvgIpc) is 0.777. The second-order valence-corrected chi connectivity index (χ2v) is 33.8. The van der Waals surface area contributed by atoms with Gasteiger partial charge in [-0.25, -0.2) is 0 Å². The summed E-state index contributed by atoms with van der Waals surface area (Å²) >= 11 is 0. The summed E-state index contributed by atoms with van der Waals surface area (Å²) < 4.78 is 34.6. The number of aliphatic hydroxyl groups is 11. The highest BCUT2D eigenvalue weighted by Crippen LogP contribution is 2.34. The van der Waals surface area contributed by atoms with Gasteiger partial charge in [-0.3, -0.25) is 4.79 Å². The lowest BCUT2D eigenvalue weighted by molar-refractivity contribution is -0.379. The molecule has 19 nitrogen and oxygen atoms in total. The van der Waals surface area contributed by atoms with Crippen molar-refractivity contribution in [3.8, 4) is 0 Å². The van der Waals surface area contributed by atoms with Crippen molar-refractivity contribution < 1.29 is 89.4 Å². The molecule has 3 rings (SSSR count). The molecular formula is C98H175NO18. The van der Waals surface area contributed by atoms with Gasteiger partial charge < -0.3 is 89.9 Å². The van der Waals surface area contributed by atoms with E-state index in [0.29, 0.717) is 6.42 Å². The number of unbranched alkanes of at least 4 members (excludes halogenated alkanes) is 48. The van der Waals surface area contributed by atoms with E-state index < -0.39 is 124 Å². The quantitative estimate of drug-likeness (QED) is 0.0199. The molecule has 12 N–H and O–H groups in total. The molecule has 17 atom stereocenters. The summed E-state index contributed by atoms with van der Waals surface area (Å²) in [5.74, 6) is -0.272. The predicted molar refractivity (Wildman–Crippen MR) is 475 cm³/mol. The van der Waals surface area contributed by atoms with E-state index >= 15 is 0 Å². The summed E-state index contributed by atoms with van der Waals surface area (Å²) in [6.45, 7) is 1.68. The second-order valence-electron chi connectivity index (χ2n) is 33.8. The molecule has 0 aromatic carbocycles. The van der Waals surface area contributed by atoms with E-state index in [1.807, 2.05) is 6.08 Å². The summed E-state index contributed by atoms with van der Waals surface area (Å²) in [7, 11) is 0. The average molecular weight is 1660 g/mol. The zero-order chi connectivity index (χ0) is 84.5. The molecule has 117 heavy (non-hydrogen) atoms. The first-order valence-electron chi connectivity index (χ1n) is 48.0. The highest BCUT2D eigenvalue weighted by Gasteiger charge is 2.54. The second kappa shape index (κ2) is 76.4. The number of hydrogen-bond donors (Lipinski definition) is 12. The lowest BCUT2D eigenvalue weighted by atomic mass is 9.96. The molecule has 0 spiro atoms. The van der Waals surface area contributed by atoms with E-state index in [4.69, 9.17) is 28.4 Å². The van der Waals surface area contributed by atoms with Gasteiger partial charge in [-0.15, -0.1) is 0 Å². The van der Waals surface area contributed by atoms with Gasteiger partial charge in [0.15, 0.2) is 18.9 Å². The summed E-state index contributed by atoms with van der Waals surface area (Å²) in [6, 6.07) is -0.980. The fraction of sp³-hybridized carbons (Fsp3) is 0.827. The molecule has 0 aromatic rings. The Hall–Kier alpha value is -3.29. The minimum absolute atomic E-state index is 0.242. The number of aliphatic hydroxyl groups excluding tert-OH is 11. The van der Waals surface area contributed by atoms with Crippen molar-refractivity contribution in [2.75, 3.05) is 26.4 Å². The number of amides is 1. The van der Waals surface area contributed by atoms with Crippen LogP contribution in [0.2, 0.25) is 0 Å². The van der Waals surface area contributed by atoms with Crippen LogP contribution in [0, 0.1) is 0 Å². The fourth-order valence-corrected chi connectivity index (χ4v) is 15.8. The van der Waals surface area contributed by atoms with Gasteiger partial charge in [-0.05, 0) is 77.0 Å². The van der Waals surface area contributed by atoms with Crippen molar-refractivity contribution >= 4 is 5.91 Å². The number of carbonyl (C=O) groups is 1. The molecule has 0 aromatic heterocycles. The predicted octanol–water partition coefficient (Wildman–Crippen LogP) is 19.4. The van der Waals surface area contributed by atoms with E-state index in [2.05, 4.69) is 104 Å². The standard InChI is InChI=1S/C98H175NO18/c1-3-5-7-9-11-13-15-17-19-21-23-25-27-29-31-33-35-37-38-39-40-41-42-44-46-48-50-52-54-56-58-60-62-64-66-68-70-72-74-76-86(104)99-81(82(103)75-73-71-69-67-65-63-61-59-57-55-53-51-49-47-45-43-36-34-32-30-28-26-24-22-20-18-16-14-12-10-8-6-4-2)80-112-96-92(110)89(107)94(84(78-101)114-96)117-98-93(111)90(108)95(85(79-102)115-98)116-97-91(109)88(106)87(105)83(77-100)113-97/h5,7,11,13,17,19,23,25,29,31,35,37,39-40,73,75,81-85,87-98,100-103,105-111H,3-4,6,8-10,12,14-16,18,20-22,24,26-28,30,32-34,36,38,41-72,74,76-80H2,1-2H3,(H,99,104)/b7-5-,13-11-,19-17-,25-23-,31-29-,37-35-,40-39-,75-73+. The maximum atomic E-state index is 13.5. The lowest BCUT2D eigenvalue weighted by Gasteiger charge is -2.48. The molecule has 3 fully saturated rings. The van der Waals surface area contributed by atoms with E-state index in [0.717, 1.165) is 89.9 Å². The van der Waals surface area contributed by atoms with E-state index in [1.165, 1.54) is 270 Å². The van der Waals surface area contributed by atoms with Gasteiger partial charge in [-0.2, -0.15) is 0 Å². The van der Waals surface area contributed by atoms with Crippen molar-refractivity contribution in [3.63, 3.8) is 0 Å². The number of rotatable bonds is 78. The highest BCUT2D eigenvalue weighted by atomic mass is 16.8. The number of nitrogens with one attached hydrogen (secondary N) is 1. The Balaban J connectivity index is 1.30. The van der Waals surface area contributed by atoms with Crippen LogP contribution < -0.4 is 5.32 Å². The van der Waals surface area contributed by atoms with Crippen LogP contribution in [0.4, 0.5) is 0 Å². The third kappa shape index (κ3) is 54.2. The Morgan fingerprint density at radius 1 is 0.316 bits per heavy atom. The van der Waals surface area contributed by atoms with Crippen molar-refractivity contribution in [3.05, 3.63) is 97.2 Å². The summed E-state index contributed by atoms with van der Waals surface area (Å²) in [6.07, 6.45) is 79.9. The Morgan fingerprint density at radius 2 is 0.590 bits per heavy atom. The molecular weight excluding hydrogens is 1480 g/mol. The smallest absolute Gasteiger partial charge is 0.220 e. The number of allylic oxidation sites excluding steroid dienone is 15. The molecule has 3 saturated heterocycles. The Bertz CT molecular complexity index is 2490. The molecule has 3 heterocycles. The molecule has 17 unspecified atom stereocenters. The van der Waals surface area contributed by atoms with Crippen molar-refractivity contribution in [2.45, 2.75) is 491 Å². The van der Waals surface area contributed by atoms with E-state index in [1.54, 1.807) is 6.08 Å². The Labute approximate surface area is 711 Å². The number of ether oxygens (including phenoxy) is 6. The minimum atomic E-state index is -1.98. The van der Waals surface area contributed by atoms with Crippen LogP contribution in [-0.2, 0) is 33.2 Å². The van der Waals surface area contributed by atoms with Gasteiger partial charge in [0.2, 0.25) is 5.91 Å². The molecule has 0 bridgehead atoms. The third-order valence-electron chi connectivity index (χ3n) is 23.4. The molecule has 1 amide bonds. The maximum Gasteiger partial charge on any atom is 0.220 e. The monoisotopic (exact) mass is 1650 g/mol. The zero-order valence-corrected chi connectivity index (χ0v) is 73.7. The first-order valence-corrected chi connectivity index (χ1v) is 48.0. The third-order valence-corrected chi connectivity index (χ3v) is 23.4. The molecule has 0 radical (unpaired) electrons. The SMILES string of the molecule is CC/C=C\C/C=C\C/C=C\C/C=C\C/C=C\C/C=C\C/C=C\CCCCCCCCCCCCCCCCCCCC(=O)NC(COC1OC(CO)C(OC2OC(CO)C(OC3OC(CO)C(O)C(O)C3O)C(O)C2O)C(O)C1O)C(O)/C=C/CCCCCCCCCCCCCCCCCCCCCCCCCCCCCCCCC. The molecule has 0 saturated carbocycles. The van der Waals surface area contributed by atoms with Crippen LogP contribution in [0.3, 0.4) is 0 Å². The molecule has 0 aliphatic carbocycles. The van der Waals surface area contributed by atoms with Crippen LogP contribution in [0.1, 0.15) is 386 Å². The molecule has 3 aliphatic rings. The van der Waals surface area contributed by atoms with Crippen molar-refractivity contribution in [1.29, 1.82) is 0 Å². The zero-order valence-electron chi connectivity index (χ0n) is 73.7. The van der Waals surface area contributed by atoms with Crippen LogP contribution in [0.25, 0.3) is 0 Å². The fourth-order valence-electron chi connectivity index (χ4n) is 15.8. The van der Waals surface area contributed by atoms with Gasteiger partial charge in [0.1, 0.15) is 73.2 Å². The molecule has 3 aliphatic heterocycles. The van der Waals surface area contributed by atoms with Crippen LogP contribution in [0.15, 0.2) is 97.2 Å². The van der Waals surface area contributed by atoms with Gasteiger partial charge in [0.25, 0.3) is 0 Å². The Kier molecular flexibility index (Phi) is 70.4. The number of carbonyl (C=O) groups excluding carboxylic acids is 1. The largest absolute Gasteiger partial charge is 0.394 e. The number of hydrogen-bond acceptors (Lipinski definition) is 18. The Morgan fingerprint density at radius 3 is 0.923 bits per heavy atom. The van der Waals surface area contributed by atoms with Gasteiger partial charge in [0, 0.05) is 6.42 Å². The minimum Gasteiger partial charge on any atom is -0.394 e. The van der Waals surface area contributed by atoms with Crippen molar-refractivity contribution in [1.82, 2.24) is 5.32 Å². The first-order chi connectivity index (χ1) is 57.3. The van der Waals surface area contributed by atoms with Crippen LogP contribution >= 0.6 is 0 Å². The highest BCUT2D eigenvalue weighted by molar-refractivity contribution is 5.76. The van der Waals surface area contributed by atoms with Crippen LogP contribution in [-0.4, -0.2) is 193 Å². The first kappa shape index (κ1) is 108. The van der Waals surface area contributed by atoms with Crippen molar-refractivity contribution in [2.24, 2.45) is 0 Å². The molecule has 680 valence electrons. The molecule has 19 heteroatoms. The summed E-state index contributed by atoms with van der Waals surface area (Å²) in [4.78, 5) is 13.5. The normalized spacial score (nSPS) is 24.8. The summed E-state index contributed by atoms with van der Waals surface area (Å²) in [5, 5.41) is 121. The van der Waals surface area contributed by atoms with Gasteiger partial charge >= 0.3 is 0 Å². The maximum absolute atomic E-state index is 13.5. The van der Waals surface area contributed by atoms with Gasteiger partial charge in [-0.1, -0.05) is 400 Å². The van der Waals surface area contributed by atoms with E-state index in [-0.39, 0.29) is 18.9 Å². The van der Waals surface area contributed by atoms with Gasteiger partial charge in [0.05, 0.1) is 38.6 Å². The summed E-state index contributed by atoms with van der Waals surface area (Å²) in [5.41, 5.74) is 0. The van der Waals surface area contributed by atoms with E-state index in [9.17, 15) is 61.0 Å².